The number of halogens is 1. The Hall–Kier alpha value is -1.24. The van der Waals surface area contributed by atoms with E-state index in [4.69, 9.17) is 16.3 Å². The molecule has 1 aromatic rings. The monoisotopic (exact) mass is 371 g/mol. The van der Waals surface area contributed by atoms with E-state index < -0.39 is 22.8 Å². The number of hydrogen-bond acceptors (Lipinski definition) is 4. The van der Waals surface area contributed by atoms with Crippen molar-refractivity contribution in [3.63, 3.8) is 0 Å². The van der Waals surface area contributed by atoms with Crippen LogP contribution in [0.25, 0.3) is 0 Å². The molecule has 0 bridgehead atoms. The molecule has 2 rings (SSSR count). The zero-order valence-corrected chi connectivity index (χ0v) is 15.8. The molecule has 24 heavy (non-hydrogen) atoms. The van der Waals surface area contributed by atoms with Gasteiger partial charge in [-0.25, -0.2) is 4.79 Å². The Morgan fingerprint density at radius 3 is 2.62 bits per heavy atom. The molecule has 1 aromatic carbocycles. The fourth-order valence-corrected chi connectivity index (χ4v) is 3.75. The largest absolute Gasteiger partial charge is 0.479 e. The number of thioether (sulfide) groups is 1. The molecule has 1 fully saturated rings. The van der Waals surface area contributed by atoms with Gasteiger partial charge in [-0.2, -0.15) is 0 Å². The molecular formula is C17H22ClNO4S. The van der Waals surface area contributed by atoms with Gasteiger partial charge in [-0.3, -0.25) is 4.79 Å². The summed E-state index contributed by atoms with van der Waals surface area (Å²) in [5.41, 5.74) is -1.82. The Morgan fingerprint density at radius 2 is 2.12 bits per heavy atom. The maximum atomic E-state index is 12.7. The van der Waals surface area contributed by atoms with Crippen LogP contribution in [0.5, 0.6) is 0 Å². The number of carboxylic acids is 1. The SMILES string of the molecule is CCOC1CC(NC(=O)c2cc(SC)ccc2Cl)(C(=O)O)C1(C)C. The Morgan fingerprint density at radius 1 is 1.46 bits per heavy atom. The van der Waals surface area contributed by atoms with Gasteiger partial charge in [0.25, 0.3) is 5.91 Å². The molecule has 1 aliphatic rings. The van der Waals surface area contributed by atoms with Crippen LogP contribution in [0.4, 0.5) is 0 Å². The predicted molar refractivity (Wildman–Crippen MR) is 94.9 cm³/mol. The van der Waals surface area contributed by atoms with Gasteiger partial charge in [-0.15, -0.1) is 11.8 Å². The number of aliphatic carboxylic acids is 1. The van der Waals surface area contributed by atoms with Gasteiger partial charge in [0.15, 0.2) is 0 Å². The lowest BCUT2D eigenvalue weighted by Gasteiger charge is -2.58. The summed E-state index contributed by atoms with van der Waals surface area (Å²) in [6.45, 7) is 5.96. The first kappa shape index (κ1) is 19.1. The van der Waals surface area contributed by atoms with Gasteiger partial charge in [-0.1, -0.05) is 25.4 Å². The molecule has 5 nitrogen and oxygen atoms in total. The van der Waals surface area contributed by atoms with Crippen molar-refractivity contribution in [3.05, 3.63) is 28.8 Å². The molecule has 2 N–H and O–H groups in total. The van der Waals surface area contributed by atoms with Crippen molar-refractivity contribution in [3.8, 4) is 0 Å². The number of rotatable bonds is 6. The number of benzene rings is 1. The normalized spacial score (nSPS) is 25.0. The third-order valence-electron chi connectivity index (χ3n) is 4.87. The minimum atomic E-state index is -1.37. The molecule has 1 saturated carbocycles. The van der Waals surface area contributed by atoms with Gasteiger partial charge < -0.3 is 15.2 Å². The van der Waals surface area contributed by atoms with Crippen LogP contribution in [0.2, 0.25) is 5.02 Å². The molecule has 2 atom stereocenters. The van der Waals surface area contributed by atoms with E-state index in [2.05, 4.69) is 5.32 Å². The van der Waals surface area contributed by atoms with Gasteiger partial charge >= 0.3 is 5.97 Å². The van der Waals surface area contributed by atoms with Crippen LogP contribution in [-0.2, 0) is 9.53 Å². The minimum Gasteiger partial charge on any atom is -0.479 e. The summed E-state index contributed by atoms with van der Waals surface area (Å²) in [5, 5.41) is 12.8. The van der Waals surface area contributed by atoms with Crippen LogP contribution in [0, 0.1) is 5.41 Å². The molecule has 0 heterocycles. The summed E-state index contributed by atoms with van der Waals surface area (Å²) in [6.07, 6.45) is 1.91. The van der Waals surface area contributed by atoms with Crippen LogP contribution in [0.1, 0.15) is 37.6 Å². The van der Waals surface area contributed by atoms with Crippen molar-refractivity contribution in [1.82, 2.24) is 5.32 Å². The van der Waals surface area contributed by atoms with Gasteiger partial charge in [-0.05, 0) is 31.4 Å². The van der Waals surface area contributed by atoms with Crippen LogP contribution in [-0.4, -0.2) is 41.5 Å². The van der Waals surface area contributed by atoms with E-state index >= 15 is 0 Å². The summed E-state index contributed by atoms with van der Waals surface area (Å²) in [4.78, 5) is 25.5. The second kappa shape index (κ2) is 6.94. The van der Waals surface area contributed by atoms with Crippen molar-refractivity contribution in [2.45, 2.75) is 43.7 Å². The summed E-state index contributed by atoms with van der Waals surface area (Å²) < 4.78 is 5.60. The summed E-state index contributed by atoms with van der Waals surface area (Å²) in [5.74, 6) is -1.55. The van der Waals surface area contributed by atoms with Crippen LogP contribution >= 0.6 is 23.4 Å². The number of nitrogens with one attached hydrogen (secondary N) is 1. The Labute approximate surface area is 151 Å². The van der Waals surface area contributed by atoms with E-state index in [-0.39, 0.29) is 18.1 Å². The minimum absolute atomic E-state index is 0.216. The first-order valence-corrected chi connectivity index (χ1v) is 9.31. The van der Waals surface area contributed by atoms with Crippen LogP contribution < -0.4 is 5.32 Å². The molecule has 2 unspecified atom stereocenters. The summed E-state index contributed by atoms with van der Waals surface area (Å²) >= 11 is 7.61. The number of ether oxygens (including phenoxy) is 1. The predicted octanol–water partition coefficient (Wildman–Crippen LogP) is 3.45. The van der Waals surface area contributed by atoms with Gasteiger partial charge in [0, 0.05) is 23.3 Å². The van der Waals surface area contributed by atoms with Crippen molar-refractivity contribution in [2.75, 3.05) is 12.9 Å². The molecule has 7 heteroatoms. The fraction of sp³-hybridized carbons (Fsp3) is 0.529. The molecule has 132 valence electrons. The quantitative estimate of drug-likeness (QED) is 0.749. The molecule has 1 aliphatic carbocycles. The first-order chi connectivity index (χ1) is 11.2. The molecule has 0 spiro atoms. The van der Waals surface area contributed by atoms with E-state index in [1.165, 1.54) is 11.8 Å². The third-order valence-corrected chi connectivity index (χ3v) is 5.93. The maximum Gasteiger partial charge on any atom is 0.330 e. The topological polar surface area (TPSA) is 75.6 Å². The van der Waals surface area contributed by atoms with Crippen LogP contribution in [0.15, 0.2) is 23.1 Å². The highest BCUT2D eigenvalue weighted by atomic mass is 35.5. The van der Waals surface area contributed by atoms with Gasteiger partial charge in [0.05, 0.1) is 16.7 Å². The second-order valence-electron chi connectivity index (χ2n) is 6.38. The van der Waals surface area contributed by atoms with E-state index in [1.54, 1.807) is 26.0 Å². The molecule has 0 aliphatic heterocycles. The lowest BCUT2D eigenvalue weighted by molar-refractivity contribution is -0.190. The smallest absolute Gasteiger partial charge is 0.330 e. The molecule has 0 saturated heterocycles. The number of hydrogen-bond donors (Lipinski definition) is 2. The van der Waals surface area contributed by atoms with E-state index in [0.717, 1.165) is 4.90 Å². The number of amides is 1. The Balaban J connectivity index is 2.30. The number of carbonyl (C=O) groups excluding carboxylic acids is 1. The molecule has 0 aromatic heterocycles. The highest BCUT2D eigenvalue weighted by molar-refractivity contribution is 7.98. The standard InChI is InChI=1S/C17H22ClNO4S/c1-5-23-13-9-17(15(21)22,16(13,2)3)19-14(20)11-8-10(24-4)6-7-12(11)18/h6-8,13H,5,9H2,1-4H3,(H,19,20)(H,21,22). The van der Waals surface area contributed by atoms with Crippen molar-refractivity contribution < 1.29 is 19.4 Å². The zero-order chi connectivity index (χ0) is 18.1. The van der Waals surface area contributed by atoms with E-state index in [1.807, 2.05) is 19.2 Å². The Kier molecular flexibility index (Phi) is 5.52. The molecule has 0 radical (unpaired) electrons. The summed E-state index contributed by atoms with van der Waals surface area (Å²) in [7, 11) is 0. The van der Waals surface area contributed by atoms with Gasteiger partial charge in [0.1, 0.15) is 5.54 Å². The molecular weight excluding hydrogens is 350 g/mol. The highest BCUT2D eigenvalue weighted by Crippen LogP contribution is 2.51. The first-order valence-electron chi connectivity index (χ1n) is 7.70. The summed E-state index contributed by atoms with van der Waals surface area (Å²) in [6, 6.07) is 5.13. The van der Waals surface area contributed by atoms with Crippen molar-refractivity contribution in [2.24, 2.45) is 5.41 Å². The Bertz CT molecular complexity index is 664. The van der Waals surface area contributed by atoms with Gasteiger partial charge in [0.2, 0.25) is 0 Å². The number of carboxylic acid groups (broad SMARTS) is 1. The average Bonchev–Trinajstić information content (AvgIpc) is 2.53. The molecule has 1 amide bonds. The van der Waals surface area contributed by atoms with E-state index in [0.29, 0.717) is 11.6 Å². The average molecular weight is 372 g/mol. The number of carbonyl (C=O) groups is 2. The third kappa shape index (κ3) is 3.03. The lowest BCUT2D eigenvalue weighted by Crippen LogP contribution is -2.76. The van der Waals surface area contributed by atoms with Crippen molar-refractivity contribution >= 4 is 35.2 Å². The van der Waals surface area contributed by atoms with E-state index in [9.17, 15) is 14.7 Å². The maximum absolute atomic E-state index is 12.7. The lowest BCUT2D eigenvalue weighted by atomic mass is 9.54. The zero-order valence-electron chi connectivity index (χ0n) is 14.2. The fourth-order valence-electron chi connectivity index (χ4n) is 3.10. The van der Waals surface area contributed by atoms with Crippen molar-refractivity contribution in [1.29, 1.82) is 0 Å². The second-order valence-corrected chi connectivity index (χ2v) is 7.67. The van der Waals surface area contributed by atoms with Crippen LogP contribution in [0.3, 0.4) is 0 Å². The highest BCUT2D eigenvalue weighted by Gasteiger charge is 2.66.